The van der Waals surface area contributed by atoms with E-state index < -0.39 is 11.7 Å². The average molecular weight is 340 g/mol. The molecule has 0 radical (unpaired) electrons. The van der Waals surface area contributed by atoms with Gasteiger partial charge in [0.05, 0.1) is 23.1 Å². The van der Waals surface area contributed by atoms with Gasteiger partial charge in [-0.15, -0.1) is 0 Å². The third kappa shape index (κ3) is 3.53. The number of carbonyl (C=O) groups is 1. The summed E-state index contributed by atoms with van der Waals surface area (Å²) in [6.45, 7) is 1.08. The highest BCUT2D eigenvalue weighted by atomic mass is 19.4. The Hall–Kier alpha value is -2.09. The third-order valence-electron chi connectivity index (χ3n) is 4.38. The Morgan fingerprint density at radius 3 is 2.92 bits per heavy atom. The van der Waals surface area contributed by atoms with E-state index in [9.17, 15) is 18.0 Å². The summed E-state index contributed by atoms with van der Waals surface area (Å²) in [6, 6.07) is 3.79. The molecule has 130 valence electrons. The lowest BCUT2D eigenvalue weighted by Gasteiger charge is -2.15. The van der Waals surface area contributed by atoms with E-state index in [4.69, 9.17) is 0 Å². The zero-order valence-electron chi connectivity index (χ0n) is 13.3. The number of hydrogen-bond acceptors (Lipinski definition) is 3. The molecule has 1 aromatic carbocycles. The molecule has 1 saturated heterocycles. The first-order valence-corrected chi connectivity index (χ1v) is 7.87. The molecule has 0 aliphatic carbocycles. The van der Waals surface area contributed by atoms with Crippen LogP contribution in [0.4, 0.5) is 13.2 Å². The summed E-state index contributed by atoms with van der Waals surface area (Å²) in [5.74, 6) is 0.731. The van der Waals surface area contributed by atoms with Gasteiger partial charge in [-0.2, -0.15) is 13.2 Å². The van der Waals surface area contributed by atoms with Crippen LogP contribution in [0.5, 0.6) is 0 Å². The molecule has 1 amide bonds. The summed E-state index contributed by atoms with van der Waals surface area (Å²) in [5.41, 5.74) is 0.306. The second kappa shape index (κ2) is 6.43. The Morgan fingerprint density at radius 1 is 1.38 bits per heavy atom. The molecule has 0 bridgehead atoms. The monoisotopic (exact) mass is 340 g/mol. The summed E-state index contributed by atoms with van der Waals surface area (Å²) in [6.07, 6.45) is -2.32. The van der Waals surface area contributed by atoms with Crippen LogP contribution < -0.4 is 10.6 Å². The predicted molar refractivity (Wildman–Crippen MR) is 83.2 cm³/mol. The normalized spacial score (nSPS) is 19.3. The van der Waals surface area contributed by atoms with E-state index in [-0.39, 0.29) is 11.9 Å². The highest BCUT2D eigenvalue weighted by molar-refractivity contribution is 5.77. The topological polar surface area (TPSA) is 59.0 Å². The predicted octanol–water partition coefficient (Wildman–Crippen LogP) is 2.35. The molecule has 2 heterocycles. The molecule has 3 rings (SSSR count). The second-order valence-electron chi connectivity index (χ2n) is 6.04. The largest absolute Gasteiger partial charge is 0.416 e. The van der Waals surface area contributed by atoms with E-state index >= 15 is 0 Å². The number of amides is 1. The Bertz CT molecular complexity index is 754. The summed E-state index contributed by atoms with van der Waals surface area (Å²) >= 11 is 0. The van der Waals surface area contributed by atoms with Gasteiger partial charge in [-0.05, 0) is 31.0 Å². The molecule has 24 heavy (non-hydrogen) atoms. The maximum atomic E-state index is 12.8. The third-order valence-corrected chi connectivity index (χ3v) is 4.38. The fraction of sp³-hybridized carbons (Fsp3) is 0.500. The van der Waals surface area contributed by atoms with Gasteiger partial charge in [-0.25, -0.2) is 4.98 Å². The van der Waals surface area contributed by atoms with Gasteiger partial charge in [-0.1, -0.05) is 0 Å². The van der Waals surface area contributed by atoms with Crippen LogP contribution in [-0.4, -0.2) is 28.0 Å². The summed E-state index contributed by atoms with van der Waals surface area (Å²) in [4.78, 5) is 15.7. The standard InChI is InChI=1S/C16H19F3N4O/c1-23-13-4-2-10(16(17,18)19)8-12(13)22-14(23)9-21-11-3-5-15(24)20-7-6-11/h2,4,8,11,21H,3,5-7,9H2,1H3,(H,20,24)/t11-/m1/s1. The lowest BCUT2D eigenvalue weighted by atomic mass is 10.1. The number of aromatic nitrogens is 2. The first kappa shape index (κ1) is 16.8. The SMILES string of the molecule is Cn1c(CN[C@H]2CCNC(=O)CC2)nc2cc(C(F)(F)F)ccc21. The number of aryl methyl sites for hydroxylation is 1. The minimum absolute atomic E-state index is 0.0571. The molecule has 8 heteroatoms. The van der Waals surface area contributed by atoms with Crippen LogP contribution in [0, 0.1) is 0 Å². The van der Waals surface area contributed by atoms with Crippen LogP contribution in [0.2, 0.25) is 0 Å². The number of benzene rings is 1. The van der Waals surface area contributed by atoms with Crippen molar-refractivity contribution in [1.29, 1.82) is 0 Å². The highest BCUT2D eigenvalue weighted by Crippen LogP contribution is 2.31. The smallest absolute Gasteiger partial charge is 0.356 e. The van der Waals surface area contributed by atoms with E-state index in [1.165, 1.54) is 6.07 Å². The molecule has 0 spiro atoms. The number of imidazole rings is 1. The summed E-state index contributed by atoms with van der Waals surface area (Å²) < 4.78 is 40.2. The van der Waals surface area contributed by atoms with Crippen LogP contribution in [0.1, 0.15) is 30.7 Å². The van der Waals surface area contributed by atoms with Crippen molar-refractivity contribution in [2.75, 3.05) is 6.54 Å². The minimum Gasteiger partial charge on any atom is -0.356 e. The van der Waals surface area contributed by atoms with Crippen molar-refractivity contribution in [3.05, 3.63) is 29.6 Å². The van der Waals surface area contributed by atoms with Crippen molar-refractivity contribution in [2.24, 2.45) is 7.05 Å². The van der Waals surface area contributed by atoms with Crippen LogP contribution in [-0.2, 0) is 24.6 Å². The minimum atomic E-state index is -4.37. The molecule has 2 N–H and O–H groups in total. The summed E-state index contributed by atoms with van der Waals surface area (Å²) in [7, 11) is 1.79. The van der Waals surface area contributed by atoms with Gasteiger partial charge >= 0.3 is 6.18 Å². The van der Waals surface area contributed by atoms with E-state index in [2.05, 4.69) is 15.6 Å². The molecule has 1 aliphatic heterocycles. The van der Waals surface area contributed by atoms with Crippen LogP contribution in [0.25, 0.3) is 11.0 Å². The fourth-order valence-corrected chi connectivity index (χ4v) is 2.95. The number of nitrogens with one attached hydrogen (secondary N) is 2. The van der Waals surface area contributed by atoms with Crippen LogP contribution >= 0.6 is 0 Å². The number of rotatable bonds is 3. The molecular weight excluding hydrogens is 321 g/mol. The Kier molecular flexibility index (Phi) is 4.49. The number of fused-ring (bicyclic) bond motifs is 1. The molecular formula is C16H19F3N4O. The molecule has 1 aromatic heterocycles. The molecule has 1 fully saturated rings. The number of halogens is 3. The van der Waals surface area contributed by atoms with Gasteiger partial charge in [-0.3, -0.25) is 4.79 Å². The Balaban J connectivity index is 1.75. The van der Waals surface area contributed by atoms with E-state index in [1.54, 1.807) is 11.6 Å². The number of alkyl halides is 3. The Morgan fingerprint density at radius 2 is 2.17 bits per heavy atom. The molecule has 1 atom stereocenters. The van der Waals surface area contributed by atoms with Gasteiger partial charge in [0.25, 0.3) is 0 Å². The number of nitrogens with zero attached hydrogens (tertiary/aromatic N) is 2. The maximum Gasteiger partial charge on any atom is 0.416 e. The molecule has 0 saturated carbocycles. The van der Waals surface area contributed by atoms with Gasteiger partial charge in [0.15, 0.2) is 0 Å². The van der Waals surface area contributed by atoms with Crippen molar-refractivity contribution < 1.29 is 18.0 Å². The maximum absolute atomic E-state index is 12.8. The fourth-order valence-electron chi connectivity index (χ4n) is 2.95. The lowest BCUT2D eigenvalue weighted by molar-refractivity contribution is -0.137. The quantitative estimate of drug-likeness (QED) is 0.902. The zero-order valence-corrected chi connectivity index (χ0v) is 13.3. The first-order valence-electron chi connectivity index (χ1n) is 7.87. The van der Waals surface area contributed by atoms with Gasteiger partial charge < -0.3 is 15.2 Å². The number of hydrogen-bond donors (Lipinski definition) is 2. The van der Waals surface area contributed by atoms with Crippen molar-refractivity contribution in [3.63, 3.8) is 0 Å². The molecule has 0 unspecified atom stereocenters. The van der Waals surface area contributed by atoms with Crippen molar-refractivity contribution in [2.45, 2.75) is 38.0 Å². The van der Waals surface area contributed by atoms with Crippen molar-refractivity contribution in [1.82, 2.24) is 20.2 Å². The lowest BCUT2D eigenvalue weighted by Crippen LogP contribution is -2.30. The highest BCUT2D eigenvalue weighted by Gasteiger charge is 2.31. The average Bonchev–Trinajstić information content (AvgIpc) is 2.69. The van der Waals surface area contributed by atoms with Gasteiger partial charge in [0.1, 0.15) is 5.82 Å². The zero-order chi connectivity index (χ0) is 17.3. The van der Waals surface area contributed by atoms with Crippen LogP contribution in [0.3, 0.4) is 0 Å². The van der Waals surface area contributed by atoms with Crippen molar-refractivity contribution >= 4 is 16.9 Å². The van der Waals surface area contributed by atoms with Gasteiger partial charge in [0.2, 0.25) is 5.91 Å². The van der Waals surface area contributed by atoms with E-state index in [0.717, 1.165) is 25.0 Å². The van der Waals surface area contributed by atoms with E-state index in [0.29, 0.717) is 36.4 Å². The molecule has 2 aromatic rings. The number of carbonyl (C=O) groups excluding carboxylic acids is 1. The molecule has 1 aliphatic rings. The molecule has 5 nitrogen and oxygen atoms in total. The Labute approximate surface area is 137 Å². The van der Waals surface area contributed by atoms with Crippen molar-refractivity contribution in [3.8, 4) is 0 Å². The summed E-state index contributed by atoms with van der Waals surface area (Å²) in [5, 5.41) is 6.17. The van der Waals surface area contributed by atoms with E-state index in [1.807, 2.05) is 0 Å². The van der Waals surface area contributed by atoms with Crippen LogP contribution in [0.15, 0.2) is 18.2 Å². The first-order chi connectivity index (χ1) is 11.3. The second-order valence-corrected chi connectivity index (χ2v) is 6.04. The van der Waals surface area contributed by atoms with Gasteiger partial charge in [0, 0.05) is 26.1 Å².